The van der Waals surface area contributed by atoms with Gasteiger partial charge in [-0.15, -0.1) is 0 Å². The monoisotopic (exact) mass is 191 g/mol. The number of H-pyrrole nitrogens is 1. The molecule has 1 aromatic carbocycles. The number of nitrogens with one attached hydrogen (secondary N) is 1. The molecule has 0 aliphatic carbocycles. The van der Waals surface area contributed by atoms with Crippen molar-refractivity contribution in [1.82, 2.24) is 10.2 Å². The number of aromatic nitrogens is 2. The third-order valence-corrected chi connectivity index (χ3v) is 2.45. The van der Waals surface area contributed by atoms with Crippen molar-refractivity contribution in [3.05, 3.63) is 30.0 Å². The van der Waals surface area contributed by atoms with E-state index >= 15 is 0 Å². The van der Waals surface area contributed by atoms with Crippen LogP contribution in [0, 0.1) is 0 Å². The molecule has 0 amide bonds. The first-order chi connectivity index (χ1) is 6.65. The van der Waals surface area contributed by atoms with Gasteiger partial charge in [-0.05, 0) is 6.92 Å². The molecule has 1 heterocycles. The molecule has 0 aliphatic heterocycles. The van der Waals surface area contributed by atoms with Gasteiger partial charge in [0, 0.05) is 17.5 Å². The van der Waals surface area contributed by atoms with Crippen LogP contribution in [0.1, 0.15) is 12.5 Å². The molecule has 2 aromatic rings. The molecule has 74 valence electrons. The van der Waals surface area contributed by atoms with Crippen LogP contribution in [0.4, 0.5) is 0 Å². The largest absolute Gasteiger partial charge is 0.384 e. The second-order valence-electron chi connectivity index (χ2n) is 3.62. The van der Waals surface area contributed by atoms with Gasteiger partial charge < -0.3 is 10.8 Å². The van der Waals surface area contributed by atoms with E-state index in [0.717, 1.165) is 16.5 Å². The highest BCUT2D eigenvalue weighted by molar-refractivity contribution is 5.81. The van der Waals surface area contributed by atoms with Crippen LogP contribution >= 0.6 is 0 Å². The standard InChI is InChI=1S/C10H13N3O/c1-10(14,6-11)8-4-2-3-7-5-12-13-9(7)8/h2-5,14H,6,11H2,1H3,(H,12,13). The van der Waals surface area contributed by atoms with Gasteiger partial charge in [0.2, 0.25) is 0 Å². The second kappa shape index (κ2) is 3.08. The van der Waals surface area contributed by atoms with E-state index in [1.165, 1.54) is 0 Å². The van der Waals surface area contributed by atoms with Gasteiger partial charge in [-0.2, -0.15) is 5.10 Å². The minimum atomic E-state index is -1.01. The van der Waals surface area contributed by atoms with Crippen LogP contribution in [-0.2, 0) is 5.60 Å². The first-order valence-electron chi connectivity index (χ1n) is 4.50. The van der Waals surface area contributed by atoms with Crippen LogP contribution in [0.2, 0.25) is 0 Å². The number of fused-ring (bicyclic) bond motifs is 1. The number of aliphatic hydroxyl groups is 1. The van der Waals surface area contributed by atoms with Crippen molar-refractivity contribution in [3.63, 3.8) is 0 Å². The molecule has 1 unspecified atom stereocenters. The fourth-order valence-corrected chi connectivity index (χ4v) is 1.53. The maximum atomic E-state index is 10.0. The Balaban J connectivity index is 2.67. The van der Waals surface area contributed by atoms with E-state index in [4.69, 9.17) is 5.73 Å². The van der Waals surface area contributed by atoms with Gasteiger partial charge in [0.15, 0.2) is 0 Å². The summed E-state index contributed by atoms with van der Waals surface area (Å²) >= 11 is 0. The maximum absolute atomic E-state index is 10.0. The molecule has 0 saturated carbocycles. The van der Waals surface area contributed by atoms with Gasteiger partial charge in [-0.3, -0.25) is 5.10 Å². The third-order valence-electron chi connectivity index (χ3n) is 2.45. The van der Waals surface area contributed by atoms with Crippen LogP contribution in [0.15, 0.2) is 24.4 Å². The summed E-state index contributed by atoms with van der Waals surface area (Å²) in [6, 6.07) is 5.68. The average Bonchev–Trinajstić information content (AvgIpc) is 2.64. The Morgan fingerprint density at radius 3 is 3.07 bits per heavy atom. The van der Waals surface area contributed by atoms with Crippen LogP contribution in [0.3, 0.4) is 0 Å². The van der Waals surface area contributed by atoms with Crippen LogP contribution in [-0.4, -0.2) is 21.8 Å². The Hall–Kier alpha value is -1.39. The molecular weight excluding hydrogens is 178 g/mol. The lowest BCUT2D eigenvalue weighted by Gasteiger charge is -2.21. The second-order valence-corrected chi connectivity index (χ2v) is 3.62. The van der Waals surface area contributed by atoms with Crippen molar-refractivity contribution >= 4 is 10.9 Å². The summed E-state index contributed by atoms with van der Waals surface area (Å²) in [6.45, 7) is 1.88. The van der Waals surface area contributed by atoms with Crippen molar-refractivity contribution < 1.29 is 5.11 Å². The summed E-state index contributed by atoms with van der Waals surface area (Å²) in [5.41, 5.74) is 6.14. The Morgan fingerprint density at radius 2 is 2.36 bits per heavy atom. The molecule has 0 fully saturated rings. The number of nitrogens with zero attached hydrogens (tertiary/aromatic N) is 1. The number of para-hydroxylation sites is 1. The lowest BCUT2D eigenvalue weighted by atomic mass is 9.94. The Bertz CT molecular complexity index is 447. The van der Waals surface area contributed by atoms with Crippen molar-refractivity contribution in [1.29, 1.82) is 0 Å². The highest BCUT2D eigenvalue weighted by Gasteiger charge is 2.23. The molecule has 0 saturated heterocycles. The number of benzene rings is 1. The van der Waals surface area contributed by atoms with Crippen LogP contribution in [0.5, 0.6) is 0 Å². The zero-order valence-electron chi connectivity index (χ0n) is 7.99. The molecule has 4 heteroatoms. The summed E-state index contributed by atoms with van der Waals surface area (Å²) in [5, 5.41) is 17.8. The third kappa shape index (κ3) is 1.29. The van der Waals surface area contributed by atoms with Gasteiger partial charge in [-0.1, -0.05) is 18.2 Å². The quantitative estimate of drug-likeness (QED) is 0.655. The fourth-order valence-electron chi connectivity index (χ4n) is 1.53. The Labute approximate surface area is 81.7 Å². The van der Waals surface area contributed by atoms with E-state index in [-0.39, 0.29) is 6.54 Å². The lowest BCUT2D eigenvalue weighted by molar-refractivity contribution is 0.0682. The zero-order valence-corrected chi connectivity index (χ0v) is 7.99. The predicted molar refractivity (Wildman–Crippen MR) is 54.7 cm³/mol. The average molecular weight is 191 g/mol. The van der Waals surface area contributed by atoms with Crippen molar-refractivity contribution in [2.75, 3.05) is 6.54 Å². The minimum Gasteiger partial charge on any atom is -0.384 e. The number of nitrogens with two attached hydrogens (primary N) is 1. The van der Waals surface area contributed by atoms with E-state index in [1.807, 2.05) is 18.2 Å². The number of rotatable bonds is 2. The number of aromatic amines is 1. The molecule has 0 bridgehead atoms. The van der Waals surface area contributed by atoms with E-state index in [0.29, 0.717) is 0 Å². The van der Waals surface area contributed by atoms with Gasteiger partial charge in [0.05, 0.1) is 11.7 Å². The normalized spacial score (nSPS) is 15.6. The summed E-state index contributed by atoms with van der Waals surface area (Å²) < 4.78 is 0. The SMILES string of the molecule is CC(O)(CN)c1cccc2cn[nH]c12. The van der Waals surface area contributed by atoms with Crippen molar-refractivity contribution in [2.45, 2.75) is 12.5 Å². The first kappa shape index (κ1) is 9.18. The molecule has 0 aliphatic rings. The molecule has 4 nitrogen and oxygen atoms in total. The molecule has 0 spiro atoms. The fraction of sp³-hybridized carbons (Fsp3) is 0.300. The summed E-state index contributed by atoms with van der Waals surface area (Å²) in [6.07, 6.45) is 1.73. The Morgan fingerprint density at radius 1 is 1.57 bits per heavy atom. The molecule has 1 aromatic heterocycles. The van der Waals surface area contributed by atoms with E-state index in [1.54, 1.807) is 13.1 Å². The molecule has 14 heavy (non-hydrogen) atoms. The molecule has 1 atom stereocenters. The van der Waals surface area contributed by atoms with Gasteiger partial charge in [0.1, 0.15) is 5.60 Å². The lowest BCUT2D eigenvalue weighted by Crippen LogP contribution is -2.31. The van der Waals surface area contributed by atoms with Crippen LogP contribution < -0.4 is 5.73 Å². The van der Waals surface area contributed by atoms with Gasteiger partial charge in [0.25, 0.3) is 0 Å². The number of hydrogen-bond acceptors (Lipinski definition) is 3. The smallest absolute Gasteiger partial charge is 0.101 e. The Kier molecular flexibility index (Phi) is 2.02. The number of hydrogen-bond donors (Lipinski definition) is 3. The van der Waals surface area contributed by atoms with Crippen molar-refractivity contribution in [3.8, 4) is 0 Å². The van der Waals surface area contributed by atoms with Crippen molar-refractivity contribution in [2.24, 2.45) is 5.73 Å². The topological polar surface area (TPSA) is 74.9 Å². The molecule has 4 N–H and O–H groups in total. The molecule has 0 radical (unpaired) electrons. The highest BCUT2D eigenvalue weighted by atomic mass is 16.3. The summed E-state index contributed by atoms with van der Waals surface area (Å²) in [5.74, 6) is 0. The van der Waals surface area contributed by atoms with Gasteiger partial charge in [-0.25, -0.2) is 0 Å². The highest BCUT2D eigenvalue weighted by Crippen LogP contribution is 2.25. The van der Waals surface area contributed by atoms with E-state index < -0.39 is 5.60 Å². The summed E-state index contributed by atoms with van der Waals surface area (Å²) in [4.78, 5) is 0. The summed E-state index contributed by atoms with van der Waals surface area (Å²) in [7, 11) is 0. The van der Waals surface area contributed by atoms with Crippen LogP contribution in [0.25, 0.3) is 10.9 Å². The van der Waals surface area contributed by atoms with Gasteiger partial charge >= 0.3 is 0 Å². The van der Waals surface area contributed by atoms with E-state index in [2.05, 4.69) is 10.2 Å². The first-order valence-corrected chi connectivity index (χ1v) is 4.50. The maximum Gasteiger partial charge on any atom is 0.101 e. The zero-order chi connectivity index (χ0) is 10.2. The molecule has 2 rings (SSSR count). The minimum absolute atomic E-state index is 0.186. The van der Waals surface area contributed by atoms with E-state index in [9.17, 15) is 5.11 Å². The molecular formula is C10H13N3O. The predicted octanol–water partition coefficient (Wildman–Crippen LogP) is 0.729.